The second-order valence-electron chi connectivity index (χ2n) is 10.4. The molecule has 2 aromatic carbocycles. The molecule has 3 heterocycles. The van der Waals surface area contributed by atoms with E-state index in [4.69, 9.17) is 11.6 Å². The van der Waals surface area contributed by atoms with E-state index in [1.54, 1.807) is 24.8 Å². The highest BCUT2D eigenvalue weighted by atomic mass is 35.5. The molecule has 0 aliphatic carbocycles. The maximum absolute atomic E-state index is 15.3. The predicted octanol–water partition coefficient (Wildman–Crippen LogP) is 5.16. The first-order chi connectivity index (χ1) is 18.5. The van der Waals surface area contributed by atoms with Crippen molar-refractivity contribution in [2.45, 2.75) is 45.8 Å². The van der Waals surface area contributed by atoms with Gasteiger partial charge < -0.3 is 25.2 Å². The van der Waals surface area contributed by atoms with Crippen LogP contribution in [0.15, 0.2) is 42.6 Å². The molecule has 0 unspecified atom stereocenters. The topological polar surface area (TPSA) is 108 Å². The number of aliphatic hydroxyl groups is 1. The van der Waals surface area contributed by atoms with E-state index < -0.39 is 11.4 Å². The van der Waals surface area contributed by atoms with Crippen LogP contribution in [-0.4, -0.2) is 50.2 Å². The van der Waals surface area contributed by atoms with E-state index >= 15 is 4.39 Å². The Kier molecular flexibility index (Phi) is 7.28. The van der Waals surface area contributed by atoms with Crippen LogP contribution in [0, 0.1) is 5.82 Å². The van der Waals surface area contributed by atoms with Gasteiger partial charge in [0.2, 0.25) is 11.9 Å². The molecule has 9 nitrogen and oxygen atoms in total. The number of nitrogens with one attached hydrogen (secondary N) is 2. The number of hydrogen-bond acceptors (Lipinski definition) is 7. The third-order valence-electron chi connectivity index (χ3n) is 6.59. The van der Waals surface area contributed by atoms with Crippen molar-refractivity contribution in [1.29, 1.82) is 0 Å². The lowest BCUT2D eigenvalue weighted by molar-refractivity contribution is -0.118. The Hall–Kier alpha value is -3.60. The lowest BCUT2D eigenvalue weighted by atomic mass is 10.1. The van der Waals surface area contributed by atoms with Crippen molar-refractivity contribution < 1.29 is 14.3 Å². The third kappa shape index (κ3) is 5.45. The molecule has 204 valence electrons. The zero-order valence-corrected chi connectivity index (χ0v) is 23.1. The average Bonchev–Trinajstić information content (AvgIpc) is 3.17. The van der Waals surface area contributed by atoms with E-state index in [-0.39, 0.29) is 28.4 Å². The molecule has 1 saturated heterocycles. The molecule has 1 amide bonds. The zero-order valence-electron chi connectivity index (χ0n) is 22.3. The molecule has 0 spiro atoms. The Labute approximate surface area is 231 Å². The Morgan fingerprint density at radius 3 is 2.59 bits per heavy atom. The summed E-state index contributed by atoms with van der Waals surface area (Å²) in [5, 5.41) is 17.3. The number of halogens is 2. The van der Waals surface area contributed by atoms with E-state index in [1.807, 2.05) is 42.7 Å². The maximum Gasteiger partial charge on any atom is 0.228 e. The molecule has 0 radical (unpaired) electrons. The number of amides is 1. The number of carbonyl (C=O) groups is 1. The van der Waals surface area contributed by atoms with Crippen molar-refractivity contribution in [3.05, 3.63) is 59.3 Å². The minimum absolute atomic E-state index is 0.0759. The molecule has 5 rings (SSSR count). The highest BCUT2D eigenvalue weighted by Gasteiger charge is 2.28. The summed E-state index contributed by atoms with van der Waals surface area (Å²) in [6.45, 7) is 9.20. The highest BCUT2D eigenvalue weighted by molar-refractivity contribution is 6.33. The minimum Gasteiger partial charge on any atom is -0.383 e. The molecule has 1 aliphatic heterocycles. The van der Waals surface area contributed by atoms with Crippen LogP contribution in [0.25, 0.3) is 22.3 Å². The summed E-state index contributed by atoms with van der Waals surface area (Å²) in [6.07, 6.45) is 1.93. The molecule has 0 atom stereocenters. The van der Waals surface area contributed by atoms with E-state index in [1.165, 1.54) is 12.3 Å². The van der Waals surface area contributed by atoms with Crippen LogP contribution < -0.4 is 15.5 Å². The summed E-state index contributed by atoms with van der Waals surface area (Å²) in [5.41, 5.74) is 1.82. The molecule has 1 fully saturated rings. The fraction of sp³-hybridized carbons (Fsp3) is 0.357. The fourth-order valence-corrected chi connectivity index (χ4v) is 4.97. The predicted molar refractivity (Wildman–Crippen MR) is 151 cm³/mol. The van der Waals surface area contributed by atoms with Gasteiger partial charge in [0.25, 0.3) is 0 Å². The molecule has 0 saturated carbocycles. The maximum atomic E-state index is 15.3. The van der Waals surface area contributed by atoms with E-state index in [9.17, 15) is 9.90 Å². The zero-order chi connectivity index (χ0) is 27.9. The molecule has 3 N–H and O–H groups in total. The number of imidazole rings is 1. The molecule has 39 heavy (non-hydrogen) atoms. The number of nitrogens with zero attached hydrogens (tertiary/aromatic N) is 5. The summed E-state index contributed by atoms with van der Waals surface area (Å²) in [4.78, 5) is 27.5. The van der Waals surface area contributed by atoms with Crippen LogP contribution in [0.5, 0.6) is 0 Å². The van der Waals surface area contributed by atoms with Gasteiger partial charge in [0.1, 0.15) is 16.9 Å². The van der Waals surface area contributed by atoms with Gasteiger partial charge in [-0.1, -0.05) is 11.6 Å². The summed E-state index contributed by atoms with van der Waals surface area (Å²) in [7, 11) is 0. The molecular weight excluding hydrogens is 521 g/mol. The van der Waals surface area contributed by atoms with Crippen molar-refractivity contribution in [2.75, 3.05) is 29.9 Å². The van der Waals surface area contributed by atoms with Crippen LogP contribution in [-0.2, 0) is 10.4 Å². The van der Waals surface area contributed by atoms with Crippen molar-refractivity contribution in [3.63, 3.8) is 0 Å². The van der Waals surface area contributed by atoms with Crippen LogP contribution in [0.3, 0.4) is 0 Å². The van der Waals surface area contributed by atoms with Gasteiger partial charge in [-0.05, 0) is 64.1 Å². The number of rotatable bonds is 6. The Morgan fingerprint density at radius 2 is 1.90 bits per heavy atom. The smallest absolute Gasteiger partial charge is 0.228 e. The summed E-state index contributed by atoms with van der Waals surface area (Å²) < 4.78 is 17.1. The highest BCUT2D eigenvalue weighted by Crippen LogP contribution is 2.35. The Morgan fingerprint density at radius 1 is 1.15 bits per heavy atom. The van der Waals surface area contributed by atoms with E-state index in [2.05, 4.69) is 25.6 Å². The van der Waals surface area contributed by atoms with Gasteiger partial charge in [-0.25, -0.2) is 19.3 Å². The second-order valence-corrected chi connectivity index (χ2v) is 10.8. The molecule has 11 heteroatoms. The first-order valence-electron chi connectivity index (χ1n) is 12.9. The average molecular weight is 552 g/mol. The van der Waals surface area contributed by atoms with Crippen LogP contribution in [0.4, 0.5) is 21.7 Å². The summed E-state index contributed by atoms with van der Waals surface area (Å²) >= 11 is 6.47. The molecule has 4 aromatic rings. The SMILES string of the molecule is CC(C)n1c(C(C)(C)O)nc2c(F)cc(-c3nc(Nc4ccc(N5CCNCCC5=O)cc4)ncc3Cl)cc21. The quantitative estimate of drug-likeness (QED) is 0.303. The number of benzene rings is 2. The standard InChI is InChI=1S/C28H31ClFN7O2/c1-16(2)37-22-14-17(13-21(30)25(22)34-26(37)28(3,4)39)24-20(29)15-32-27(35-24)33-18-5-7-19(8-6-18)36-12-11-31-10-9-23(36)38/h5-8,13-16,31,39H,9-12H2,1-4H3,(H,32,33,35). The first kappa shape index (κ1) is 27.0. The monoisotopic (exact) mass is 551 g/mol. The number of fused-ring (bicyclic) bond motifs is 1. The molecule has 2 aromatic heterocycles. The Balaban J connectivity index is 1.47. The number of anilines is 3. The van der Waals surface area contributed by atoms with Crippen molar-refractivity contribution in [1.82, 2.24) is 24.8 Å². The fourth-order valence-electron chi connectivity index (χ4n) is 4.77. The van der Waals surface area contributed by atoms with Gasteiger partial charge in [0, 0.05) is 49.0 Å². The van der Waals surface area contributed by atoms with Gasteiger partial charge in [0.15, 0.2) is 5.82 Å². The normalized spacial score (nSPS) is 14.8. The van der Waals surface area contributed by atoms with Crippen molar-refractivity contribution in [2.24, 2.45) is 0 Å². The van der Waals surface area contributed by atoms with E-state index in [0.717, 1.165) is 17.9 Å². The van der Waals surface area contributed by atoms with Gasteiger partial charge in [-0.2, -0.15) is 0 Å². The van der Waals surface area contributed by atoms with Crippen molar-refractivity contribution >= 4 is 45.9 Å². The van der Waals surface area contributed by atoms with Crippen LogP contribution in [0.2, 0.25) is 5.02 Å². The lowest BCUT2D eigenvalue weighted by Gasteiger charge is -2.21. The summed E-state index contributed by atoms with van der Waals surface area (Å²) in [6, 6.07) is 10.5. The van der Waals surface area contributed by atoms with E-state index in [0.29, 0.717) is 42.1 Å². The number of carbonyl (C=O) groups excluding carboxylic acids is 1. The lowest BCUT2D eigenvalue weighted by Crippen LogP contribution is -2.32. The number of hydrogen-bond donors (Lipinski definition) is 3. The van der Waals surface area contributed by atoms with Gasteiger partial charge >= 0.3 is 0 Å². The third-order valence-corrected chi connectivity index (χ3v) is 6.87. The van der Waals surface area contributed by atoms with Gasteiger partial charge in [-0.15, -0.1) is 0 Å². The molecular formula is C28H31ClFN7O2. The number of aromatic nitrogens is 4. The second kappa shape index (κ2) is 10.5. The van der Waals surface area contributed by atoms with Crippen molar-refractivity contribution in [3.8, 4) is 11.3 Å². The minimum atomic E-state index is -1.26. The largest absolute Gasteiger partial charge is 0.383 e. The Bertz CT molecular complexity index is 1530. The first-order valence-corrected chi connectivity index (χ1v) is 13.3. The van der Waals surface area contributed by atoms with Gasteiger partial charge in [0.05, 0.1) is 22.4 Å². The molecule has 0 bridgehead atoms. The van der Waals surface area contributed by atoms with Crippen LogP contribution in [0.1, 0.15) is 46.0 Å². The van der Waals surface area contributed by atoms with Crippen LogP contribution >= 0.6 is 11.6 Å². The molecule has 1 aliphatic rings. The van der Waals surface area contributed by atoms with Gasteiger partial charge in [-0.3, -0.25) is 4.79 Å². The summed E-state index contributed by atoms with van der Waals surface area (Å²) in [5.74, 6) is 0.211.